The normalized spacial score (nSPS) is 22.3. The Morgan fingerprint density at radius 2 is 2.09 bits per heavy atom. The molecule has 1 fully saturated rings. The quantitative estimate of drug-likeness (QED) is 0.415. The van der Waals surface area contributed by atoms with E-state index in [2.05, 4.69) is 17.1 Å². The highest BCUT2D eigenvalue weighted by Crippen LogP contribution is 2.49. The maximum Gasteiger partial charge on any atom is 0.409 e. The molecule has 0 saturated carbocycles. The highest BCUT2D eigenvalue weighted by molar-refractivity contribution is 6.67. The van der Waals surface area contributed by atoms with E-state index in [1.165, 1.54) is 23.3 Å². The number of hydrogen-bond donors (Lipinski definition) is 1. The number of amides is 1. The average Bonchev–Trinajstić information content (AvgIpc) is 3.15. The number of ether oxygens (including phenoxy) is 2. The minimum absolute atomic E-state index is 0.116. The van der Waals surface area contributed by atoms with Gasteiger partial charge in [-0.15, -0.1) is 0 Å². The zero-order valence-electron chi connectivity index (χ0n) is 18.5. The minimum Gasteiger partial charge on any atom is -0.497 e. The molecule has 2 heterocycles. The number of fused-ring (bicyclic) bond motifs is 4. The van der Waals surface area contributed by atoms with Crippen LogP contribution in [0.15, 0.2) is 42.5 Å². The molecule has 2 aromatic carbocycles. The Kier molecular flexibility index (Phi) is 6.11. The summed E-state index contributed by atoms with van der Waals surface area (Å²) >= 11 is 17.3. The number of likely N-dealkylation sites (tertiary alicyclic amines) is 1. The molecule has 1 aliphatic heterocycles. The van der Waals surface area contributed by atoms with Gasteiger partial charge in [-0.25, -0.2) is 9.18 Å². The van der Waals surface area contributed by atoms with Gasteiger partial charge in [-0.2, -0.15) is 0 Å². The van der Waals surface area contributed by atoms with Gasteiger partial charge in [-0.1, -0.05) is 46.9 Å². The number of carbonyl (C=O) groups is 1. The zero-order chi connectivity index (χ0) is 24.1. The van der Waals surface area contributed by atoms with Gasteiger partial charge in [0.25, 0.3) is 0 Å². The third-order valence-corrected chi connectivity index (χ3v) is 7.54. The molecule has 9 heteroatoms. The van der Waals surface area contributed by atoms with Crippen LogP contribution in [0.2, 0.25) is 0 Å². The van der Waals surface area contributed by atoms with E-state index < -0.39 is 9.89 Å². The molecule has 2 atom stereocenters. The SMILES string of the molecule is COc1cccc([C@]23CCN(C(=O)OCC(Cl)(Cl)Cl)CC2Cc2c([nH]c4cc(F)ccc24)C3)c1. The average molecular weight is 526 g/mol. The van der Waals surface area contributed by atoms with Crippen LogP contribution < -0.4 is 4.74 Å². The molecule has 0 spiro atoms. The van der Waals surface area contributed by atoms with Gasteiger partial charge < -0.3 is 19.4 Å². The Balaban J connectivity index is 1.52. The van der Waals surface area contributed by atoms with E-state index >= 15 is 0 Å². The first-order valence-electron chi connectivity index (χ1n) is 11.1. The van der Waals surface area contributed by atoms with Crippen LogP contribution >= 0.6 is 34.8 Å². The maximum absolute atomic E-state index is 13.9. The molecule has 1 N–H and O–H groups in total. The summed E-state index contributed by atoms with van der Waals surface area (Å²) < 4.78 is 23.0. The smallest absolute Gasteiger partial charge is 0.409 e. The van der Waals surface area contributed by atoms with Gasteiger partial charge in [0.15, 0.2) is 0 Å². The van der Waals surface area contributed by atoms with Crippen LogP contribution in [-0.4, -0.2) is 46.6 Å². The van der Waals surface area contributed by atoms with Crippen LogP contribution in [0.3, 0.4) is 0 Å². The second-order valence-electron chi connectivity index (χ2n) is 9.10. The lowest BCUT2D eigenvalue weighted by atomic mass is 9.59. The summed E-state index contributed by atoms with van der Waals surface area (Å²) in [5, 5.41) is 1.02. The molecule has 1 saturated heterocycles. The van der Waals surface area contributed by atoms with Crippen molar-refractivity contribution in [1.82, 2.24) is 9.88 Å². The largest absolute Gasteiger partial charge is 0.497 e. The van der Waals surface area contributed by atoms with Crippen LogP contribution in [-0.2, 0) is 23.0 Å². The van der Waals surface area contributed by atoms with E-state index in [9.17, 15) is 9.18 Å². The molecule has 1 aliphatic carbocycles. The standard InChI is InChI=1S/C25H24Cl3FN2O3/c1-33-18-4-2-3-15(9-18)24-7-8-31(23(32)34-14-25(26,27)28)13-16(24)10-20-19-6-5-17(29)11-21(19)30-22(20)12-24/h2-6,9,11,16,30H,7-8,10,12-14H2,1H3/t16?,24-/m1/s1. The number of aromatic amines is 1. The predicted molar refractivity (Wildman–Crippen MR) is 132 cm³/mol. The number of H-pyrrole nitrogens is 1. The van der Waals surface area contributed by atoms with E-state index in [4.69, 9.17) is 44.3 Å². The Labute approximate surface area is 212 Å². The van der Waals surface area contributed by atoms with Crippen LogP contribution in [0.4, 0.5) is 9.18 Å². The van der Waals surface area contributed by atoms with Gasteiger partial charge >= 0.3 is 6.09 Å². The third-order valence-electron chi connectivity index (χ3n) is 7.21. The van der Waals surface area contributed by atoms with Crippen LogP contribution in [0, 0.1) is 11.7 Å². The summed E-state index contributed by atoms with van der Waals surface area (Å²) in [6.45, 7) is 0.705. The number of aromatic nitrogens is 1. The first kappa shape index (κ1) is 23.6. The zero-order valence-corrected chi connectivity index (χ0v) is 20.8. The second kappa shape index (κ2) is 8.81. The summed E-state index contributed by atoms with van der Waals surface area (Å²) in [5.41, 5.74) is 4.04. The molecule has 1 aromatic heterocycles. The molecule has 3 aromatic rings. The number of rotatable bonds is 3. The van der Waals surface area contributed by atoms with Crippen molar-refractivity contribution in [3.63, 3.8) is 0 Å². The number of methoxy groups -OCH3 is 1. The van der Waals surface area contributed by atoms with Gasteiger partial charge in [-0.05, 0) is 66.6 Å². The van der Waals surface area contributed by atoms with Gasteiger partial charge in [-0.3, -0.25) is 0 Å². The molecule has 5 rings (SSSR count). The van der Waals surface area contributed by atoms with Crippen LogP contribution in [0.1, 0.15) is 23.2 Å². The van der Waals surface area contributed by atoms with E-state index in [1.807, 2.05) is 18.2 Å². The molecule has 1 amide bonds. The van der Waals surface area contributed by atoms with Crippen molar-refractivity contribution in [1.29, 1.82) is 0 Å². The monoisotopic (exact) mass is 524 g/mol. The maximum atomic E-state index is 13.9. The second-order valence-corrected chi connectivity index (χ2v) is 11.6. The van der Waals surface area contributed by atoms with Crippen LogP contribution in [0.25, 0.3) is 10.9 Å². The number of halogens is 4. The van der Waals surface area contributed by atoms with E-state index in [1.54, 1.807) is 12.0 Å². The number of carbonyl (C=O) groups excluding carboxylic acids is 1. The molecular formula is C25H24Cl3FN2O3. The number of alkyl halides is 3. The van der Waals surface area contributed by atoms with Gasteiger partial charge in [0.1, 0.15) is 18.2 Å². The molecule has 0 bridgehead atoms. The topological polar surface area (TPSA) is 54.6 Å². The van der Waals surface area contributed by atoms with Gasteiger partial charge in [0.2, 0.25) is 3.79 Å². The number of benzene rings is 2. The molecule has 34 heavy (non-hydrogen) atoms. The fourth-order valence-electron chi connectivity index (χ4n) is 5.61. The number of piperidine rings is 1. The highest BCUT2D eigenvalue weighted by atomic mass is 35.6. The van der Waals surface area contributed by atoms with E-state index in [0.29, 0.717) is 13.1 Å². The van der Waals surface area contributed by atoms with Gasteiger partial charge in [0.05, 0.1) is 7.11 Å². The van der Waals surface area contributed by atoms with Gasteiger partial charge in [0, 0.05) is 35.1 Å². The first-order chi connectivity index (χ1) is 16.2. The fourth-order valence-corrected chi connectivity index (χ4v) is 5.77. The highest BCUT2D eigenvalue weighted by Gasteiger charge is 2.49. The lowest BCUT2D eigenvalue weighted by molar-refractivity contribution is 0.0539. The molecular weight excluding hydrogens is 502 g/mol. The van der Waals surface area contributed by atoms with Crippen molar-refractivity contribution in [2.75, 3.05) is 26.8 Å². The predicted octanol–water partition coefficient (Wildman–Crippen LogP) is 6.18. The Hall–Kier alpha value is -2.15. The summed E-state index contributed by atoms with van der Waals surface area (Å²) in [7, 11) is 1.66. The van der Waals surface area contributed by atoms with E-state index in [0.717, 1.165) is 41.6 Å². The fraction of sp³-hybridized carbons (Fsp3) is 0.400. The summed E-state index contributed by atoms with van der Waals surface area (Å²) in [6, 6.07) is 13.0. The van der Waals surface area contributed by atoms with Crippen LogP contribution in [0.5, 0.6) is 5.75 Å². The van der Waals surface area contributed by atoms with E-state index in [-0.39, 0.29) is 23.8 Å². The summed E-state index contributed by atoms with van der Waals surface area (Å²) in [4.78, 5) is 17.9. The molecule has 0 radical (unpaired) electrons. The Bertz CT molecular complexity index is 1240. The Morgan fingerprint density at radius 1 is 1.26 bits per heavy atom. The first-order valence-corrected chi connectivity index (χ1v) is 12.2. The summed E-state index contributed by atoms with van der Waals surface area (Å²) in [6.07, 6.45) is 1.74. The van der Waals surface area contributed by atoms with Crippen molar-refractivity contribution >= 4 is 51.8 Å². The minimum atomic E-state index is -1.66. The van der Waals surface area contributed by atoms with Crippen molar-refractivity contribution in [3.05, 3.63) is 65.1 Å². The molecule has 2 aliphatic rings. The number of nitrogens with one attached hydrogen (secondary N) is 1. The summed E-state index contributed by atoms with van der Waals surface area (Å²) in [5.74, 6) is 0.638. The molecule has 1 unspecified atom stereocenters. The van der Waals surface area contributed by atoms with Crippen molar-refractivity contribution in [2.45, 2.75) is 28.5 Å². The third kappa shape index (κ3) is 4.32. The number of nitrogens with zero attached hydrogens (tertiary/aromatic N) is 1. The lowest BCUT2D eigenvalue weighted by Gasteiger charge is -2.50. The van der Waals surface area contributed by atoms with Crippen molar-refractivity contribution in [2.24, 2.45) is 5.92 Å². The molecule has 5 nitrogen and oxygen atoms in total. The van der Waals surface area contributed by atoms with Crippen molar-refractivity contribution < 1.29 is 18.7 Å². The Morgan fingerprint density at radius 3 is 2.85 bits per heavy atom. The lowest BCUT2D eigenvalue weighted by Crippen LogP contribution is -2.55. The molecule has 180 valence electrons. The van der Waals surface area contributed by atoms with Crippen molar-refractivity contribution in [3.8, 4) is 5.75 Å². The number of hydrogen-bond acceptors (Lipinski definition) is 3.